The summed E-state index contributed by atoms with van der Waals surface area (Å²) in [6.07, 6.45) is 0.544. The minimum Gasteiger partial charge on any atom is -0.277 e. The minimum absolute atomic E-state index is 0.0377. The third-order valence-corrected chi connectivity index (χ3v) is 7.97. The Morgan fingerprint density at radius 2 is 1.57 bits per heavy atom. The van der Waals surface area contributed by atoms with Crippen LogP contribution in [0.15, 0.2) is 71.8 Å². The molecule has 5 rings (SSSR count). The molecule has 37 heavy (non-hydrogen) atoms. The molecule has 1 N–H and O–H groups in total. The van der Waals surface area contributed by atoms with Gasteiger partial charge < -0.3 is 0 Å². The van der Waals surface area contributed by atoms with Crippen molar-refractivity contribution >= 4 is 74.9 Å². The molecule has 0 spiro atoms. The third-order valence-electron chi connectivity index (χ3n) is 6.22. The molecule has 3 aromatic carbocycles. The fraction of sp³-hybridized carbons (Fsp3) is 0.185. The van der Waals surface area contributed by atoms with Gasteiger partial charge in [-0.1, -0.05) is 88.5 Å². The molecule has 1 saturated heterocycles. The van der Waals surface area contributed by atoms with E-state index in [2.05, 4.69) is 0 Å². The van der Waals surface area contributed by atoms with Crippen LogP contribution in [0, 0.1) is 12.3 Å². The van der Waals surface area contributed by atoms with Gasteiger partial charge in [-0.15, -0.1) is 0 Å². The number of hydrazone groups is 1. The molecule has 188 valence electrons. The van der Waals surface area contributed by atoms with E-state index in [1.54, 1.807) is 5.01 Å². The molecule has 0 unspecified atom stereocenters. The number of nitrogens with one attached hydrogen (secondary N) is 1. The highest BCUT2D eigenvalue weighted by Crippen LogP contribution is 2.38. The Balaban J connectivity index is 1.40. The number of carbonyl (C=O) groups is 2. The Morgan fingerprint density at radius 3 is 2.22 bits per heavy atom. The number of nitrogens with zero attached hydrogens (tertiary/aromatic N) is 3. The second kappa shape index (κ2) is 10.5. The molecule has 6 nitrogen and oxygen atoms in total. The third kappa shape index (κ3) is 5.41. The maximum Gasteiger partial charge on any atom is 0.247 e. The summed E-state index contributed by atoms with van der Waals surface area (Å²) in [6.45, 7) is 2.02. The fourth-order valence-corrected chi connectivity index (χ4v) is 6.01. The lowest BCUT2D eigenvalue weighted by Crippen LogP contribution is -2.32. The Labute approximate surface area is 233 Å². The SMILES string of the molecule is Cc1ccc(C2=NN(C(=N)S[C@H]3CC(=O)N(c4cc(Cl)cc(Cl)c4)C3=O)[C@@H](c3ccc(Cl)cc3)C2)cc1. The smallest absolute Gasteiger partial charge is 0.247 e. The number of halogens is 3. The number of hydrogen-bond donors (Lipinski definition) is 1. The number of carbonyl (C=O) groups excluding carboxylic acids is 2. The van der Waals surface area contributed by atoms with E-state index in [1.807, 2.05) is 55.5 Å². The second-order valence-corrected chi connectivity index (χ2v) is 11.3. The van der Waals surface area contributed by atoms with E-state index in [-0.39, 0.29) is 23.5 Å². The molecule has 2 atom stereocenters. The Morgan fingerprint density at radius 1 is 0.919 bits per heavy atom. The molecule has 2 heterocycles. The molecule has 3 aromatic rings. The van der Waals surface area contributed by atoms with Crippen molar-refractivity contribution < 1.29 is 9.59 Å². The quantitative estimate of drug-likeness (QED) is 0.206. The largest absolute Gasteiger partial charge is 0.277 e. The molecule has 2 aliphatic heterocycles. The zero-order chi connectivity index (χ0) is 26.3. The van der Waals surface area contributed by atoms with Gasteiger partial charge in [-0.3, -0.25) is 15.0 Å². The van der Waals surface area contributed by atoms with Gasteiger partial charge in [0.2, 0.25) is 11.8 Å². The highest BCUT2D eigenvalue weighted by Gasteiger charge is 2.42. The predicted molar refractivity (Wildman–Crippen MR) is 151 cm³/mol. The standard InChI is InChI=1S/C27H21Cl3N4O2S/c1-15-2-4-16(5-3-15)22-13-23(17-6-8-18(28)9-7-17)34(32-22)27(31)37-24-14-25(35)33(26(24)36)21-11-19(29)10-20(30)12-21/h2-12,23-24,31H,13-14H2,1H3/t23-,24+/m1/s1. The molecule has 2 aliphatic rings. The normalized spacial score (nSPS) is 19.5. The van der Waals surface area contributed by atoms with Gasteiger partial charge in [0.05, 0.1) is 17.4 Å². The molecular weight excluding hydrogens is 551 g/mol. The van der Waals surface area contributed by atoms with Crippen molar-refractivity contribution in [2.45, 2.75) is 31.1 Å². The first-order valence-electron chi connectivity index (χ1n) is 11.5. The lowest BCUT2D eigenvalue weighted by Gasteiger charge is -2.24. The summed E-state index contributed by atoms with van der Waals surface area (Å²) in [7, 11) is 0. The van der Waals surface area contributed by atoms with Crippen molar-refractivity contribution in [3.05, 3.63) is 98.5 Å². The summed E-state index contributed by atoms with van der Waals surface area (Å²) >= 11 is 19.3. The van der Waals surface area contributed by atoms with Crippen molar-refractivity contribution in [2.75, 3.05) is 4.90 Å². The average Bonchev–Trinajstić information content (AvgIpc) is 3.40. The average molecular weight is 572 g/mol. The summed E-state index contributed by atoms with van der Waals surface area (Å²) in [5.74, 6) is -0.781. The van der Waals surface area contributed by atoms with Gasteiger partial charge in [0.15, 0.2) is 5.17 Å². The number of amidine groups is 1. The van der Waals surface area contributed by atoms with Crippen LogP contribution < -0.4 is 4.90 Å². The molecule has 0 aromatic heterocycles. The number of imide groups is 1. The Hall–Kier alpha value is -2.84. The number of hydrogen-bond acceptors (Lipinski definition) is 5. The van der Waals surface area contributed by atoms with Crippen LogP contribution >= 0.6 is 46.6 Å². The van der Waals surface area contributed by atoms with Gasteiger partial charge in [0, 0.05) is 27.9 Å². The van der Waals surface area contributed by atoms with Crippen LogP contribution in [0.2, 0.25) is 15.1 Å². The molecular formula is C27H21Cl3N4O2S. The zero-order valence-electron chi connectivity index (χ0n) is 19.6. The number of amides is 2. The fourth-order valence-electron chi connectivity index (χ4n) is 4.39. The predicted octanol–water partition coefficient (Wildman–Crippen LogP) is 7.11. The van der Waals surface area contributed by atoms with E-state index in [0.29, 0.717) is 27.2 Å². The second-order valence-electron chi connectivity index (χ2n) is 8.84. The monoisotopic (exact) mass is 570 g/mol. The van der Waals surface area contributed by atoms with Gasteiger partial charge in [-0.2, -0.15) is 5.10 Å². The van der Waals surface area contributed by atoms with Gasteiger partial charge in [0.25, 0.3) is 0 Å². The van der Waals surface area contributed by atoms with Crippen molar-refractivity contribution in [3.63, 3.8) is 0 Å². The maximum atomic E-state index is 13.2. The first-order chi connectivity index (χ1) is 17.7. The maximum absolute atomic E-state index is 13.2. The van der Waals surface area contributed by atoms with Gasteiger partial charge in [0.1, 0.15) is 5.25 Å². The molecule has 2 amide bonds. The van der Waals surface area contributed by atoms with E-state index in [4.69, 9.17) is 45.3 Å². The van der Waals surface area contributed by atoms with Crippen molar-refractivity contribution in [1.29, 1.82) is 5.41 Å². The highest BCUT2D eigenvalue weighted by atomic mass is 35.5. The first kappa shape index (κ1) is 25.8. The van der Waals surface area contributed by atoms with E-state index >= 15 is 0 Å². The van der Waals surface area contributed by atoms with E-state index in [1.165, 1.54) is 18.2 Å². The van der Waals surface area contributed by atoms with Crippen LogP contribution in [0.1, 0.15) is 35.6 Å². The zero-order valence-corrected chi connectivity index (χ0v) is 22.7. The van der Waals surface area contributed by atoms with E-state index in [0.717, 1.165) is 39.1 Å². The van der Waals surface area contributed by atoms with Crippen LogP contribution in [0.3, 0.4) is 0 Å². The van der Waals surface area contributed by atoms with E-state index < -0.39 is 11.2 Å². The van der Waals surface area contributed by atoms with Crippen molar-refractivity contribution in [3.8, 4) is 0 Å². The summed E-state index contributed by atoms with van der Waals surface area (Å²) < 4.78 is 0. The number of rotatable bonds is 4. The lowest BCUT2D eigenvalue weighted by molar-refractivity contribution is -0.121. The van der Waals surface area contributed by atoms with Crippen LogP contribution in [-0.2, 0) is 9.59 Å². The van der Waals surface area contributed by atoms with Crippen LogP contribution in [0.25, 0.3) is 0 Å². The summed E-state index contributed by atoms with van der Waals surface area (Å²) in [6, 6.07) is 19.9. The molecule has 0 bridgehead atoms. The minimum atomic E-state index is -0.762. The number of benzene rings is 3. The summed E-state index contributed by atoms with van der Waals surface area (Å²) in [5.41, 5.74) is 4.23. The molecule has 1 fully saturated rings. The number of thioether (sulfide) groups is 1. The van der Waals surface area contributed by atoms with Crippen LogP contribution in [-0.4, -0.2) is 33.0 Å². The topological polar surface area (TPSA) is 76.8 Å². The summed E-state index contributed by atoms with van der Waals surface area (Å²) in [4.78, 5) is 27.1. The first-order valence-corrected chi connectivity index (χ1v) is 13.5. The van der Waals surface area contributed by atoms with Crippen LogP contribution in [0.5, 0.6) is 0 Å². The van der Waals surface area contributed by atoms with Gasteiger partial charge in [-0.25, -0.2) is 9.91 Å². The summed E-state index contributed by atoms with van der Waals surface area (Å²) in [5, 5.41) is 15.9. The van der Waals surface area contributed by atoms with Crippen molar-refractivity contribution in [1.82, 2.24) is 5.01 Å². The van der Waals surface area contributed by atoms with Gasteiger partial charge >= 0.3 is 0 Å². The highest BCUT2D eigenvalue weighted by molar-refractivity contribution is 8.14. The van der Waals surface area contributed by atoms with Gasteiger partial charge in [-0.05, 0) is 48.4 Å². The number of anilines is 1. The van der Waals surface area contributed by atoms with E-state index in [9.17, 15) is 9.59 Å². The molecule has 0 radical (unpaired) electrons. The molecule has 0 saturated carbocycles. The molecule has 0 aliphatic carbocycles. The number of aryl methyl sites for hydroxylation is 1. The van der Waals surface area contributed by atoms with Crippen LogP contribution in [0.4, 0.5) is 5.69 Å². The molecule has 10 heteroatoms. The Bertz CT molecular complexity index is 1410. The van der Waals surface area contributed by atoms with Crippen molar-refractivity contribution in [2.24, 2.45) is 5.10 Å². The Kier molecular flexibility index (Phi) is 7.32. The lowest BCUT2D eigenvalue weighted by atomic mass is 9.98.